The lowest BCUT2D eigenvalue weighted by Crippen LogP contribution is -2.20. The number of hydrogen-bond donors (Lipinski definition) is 0. The monoisotopic (exact) mass is 376 g/mol. The van der Waals surface area contributed by atoms with E-state index in [4.69, 9.17) is 0 Å². The van der Waals surface area contributed by atoms with Gasteiger partial charge in [0.05, 0.1) is 6.20 Å². The number of nitrogens with zero attached hydrogens (tertiary/aromatic N) is 4. The van der Waals surface area contributed by atoms with Crippen molar-refractivity contribution < 1.29 is 17.6 Å². The lowest BCUT2D eigenvalue weighted by atomic mass is 10.1. The average molecular weight is 376 g/mol. The SMILES string of the molecule is CCCCCCCCN(c1ccc(F)cn1)c1nc(C(F)(F)F)ns1. The summed E-state index contributed by atoms with van der Waals surface area (Å²) in [4.78, 5) is 9.11. The third-order valence-electron chi connectivity index (χ3n) is 3.62. The minimum Gasteiger partial charge on any atom is -0.301 e. The third-order valence-corrected chi connectivity index (χ3v) is 4.36. The highest BCUT2D eigenvalue weighted by Gasteiger charge is 2.36. The zero-order chi connectivity index (χ0) is 18.3. The summed E-state index contributed by atoms with van der Waals surface area (Å²) in [5.41, 5.74) is 0. The first-order chi connectivity index (χ1) is 11.9. The Kier molecular flexibility index (Phi) is 7.10. The summed E-state index contributed by atoms with van der Waals surface area (Å²) in [6.07, 6.45) is 2.73. The van der Waals surface area contributed by atoms with Crippen molar-refractivity contribution in [3.8, 4) is 0 Å². The van der Waals surface area contributed by atoms with Gasteiger partial charge in [-0.15, -0.1) is 0 Å². The van der Waals surface area contributed by atoms with Crippen LogP contribution < -0.4 is 4.90 Å². The summed E-state index contributed by atoms with van der Waals surface area (Å²) in [6.45, 7) is 2.59. The highest BCUT2D eigenvalue weighted by Crippen LogP contribution is 2.32. The van der Waals surface area contributed by atoms with Gasteiger partial charge in [-0.25, -0.2) is 9.37 Å². The minimum absolute atomic E-state index is 0.111. The second-order valence-electron chi connectivity index (χ2n) is 5.65. The van der Waals surface area contributed by atoms with Crippen LogP contribution in [0.2, 0.25) is 0 Å². The minimum atomic E-state index is -4.59. The number of rotatable bonds is 9. The first kappa shape index (κ1) is 19.6. The van der Waals surface area contributed by atoms with Gasteiger partial charge in [0.2, 0.25) is 11.0 Å². The van der Waals surface area contributed by atoms with Crippen LogP contribution in [0.25, 0.3) is 0 Å². The number of alkyl halides is 3. The molecule has 0 aromatic carbocycles. The van der Waals surface area contributed by atoms with Crippen molar-refractivity contribution in [2.45, 2.75) is 51.6 Å². The number of anilines is 2. The molecule has 0 saturated carbocycles. The van der Waals surface area contributed by atoms with E-state index in [2.05, 4.69) is 21.3 Å². The maximum atomic E-state index is 13.1. The van der Waals surface area contributed by atoms with Gasteiger partial charge in [0.25, 0.3) is 0 Å². The Morgan fingerprint density at radius 1 is 1.08 bits per heavy atom. The smallest absolute Gasteiger partial charge is 0.301 e. The lowest BCUT2D eigenvalue weighted by molar-refractivity contribution is -0.144. The summed E-state index contributed by atoms with van der Waals surface area (Å²) in [7, 11) is 0. The van der Waals surface area contributed by atoms with Crippen LogP contribution in [0.1, 0.15) is 51.3 Å². The molecule has 0 spiro atoms. The predicted octanol–water partition coefficient (Wildman–Crippen LogP) is 5.59. The maximum Gasteiger partial charge on any atom is 0.452 e. The normalized spacial score (nSPS) is 11.7. The van der Waals surface area contributed by atoms with Crippen LogP contribution in [0, 0.1) is 5.82 Å². The molecule has 0 radical (unpaired) electrons. The molecule has 0 N–H and O–H groups in total. The van der Waals surface area contributed by atoms with Crippen molar-refractivity contribution in [1.29, 1.82) is 0 Å². The molecule has 0 amide bonds. The zero-order valence-electron chi connectivity index (χ0n) is 13.9. The molecule has 4 nitrogen and oxygen atoms in total. The lowest BCUT2D eigenvalue weighted by Gasteiger charge is -2.20. The Labute approximate surface area is 148 Å². The molecule has 0 atom stereocenters. The van der Waals surface area contributed by atoms with Crippen molar-refractivity contribution in [1.82, 2.24) is 14.3 Å². The van der Waals surface area contributed by atoms with Gasteiger partial charge in [-0.2, -0.15) is 22.5 Å². The second kappa shape index (κ2) is 9.07. The molecule has 9 heteroatoms. The summed E-state index contributed by atoms with van der Waals surface area (Å²) in [5, 5.41) is 0.111. The average Bonchev–Trinajstić information content (AvgIpc) is 3.05. The highest BCUT2D eigenvalue weighted by molar-refractivity contribution is 7.09. The summed E-state index contributed by atoms with van der Waals surface area (Å²) < 4.78 is 54.7. The van der Waals surface area contributed by atoms with E-state index in [-0.39, 0.29) is 5.13 Å². The molecule has 2 heterocycles. The molecule has 2 aromatic rings. The number of aromatic nitrogens is 3. The van der Waals surface area contributed by atoms with Gasteiger partial charge in [0, 0.05) is 18.1 Å². The molecule has 0 bridgehead atoms. The maximum absolute atomic E-state index is 13.1. The third kappa shape index (κ3) is 5.91. The largest absolute Gasteiger partial charge is 0.452 e. The quantitative estimate of drug-likeness (QED) is 0.423. The number of hydrogen-bond acceptors (Lipinski definition) is 5. The van der Waals surface area contributed by atoms with Gasteiger partial charge in [-0.1, -0.05) is 39.0 Å². The van der Waals surface area contributed by atoms with E-state index >= 15 is 0 Å². The van der Waals surface area contributed by atoms with Crippen LogP contribution in [-0.2, 0) is 6.18 Å². The van der Waals surface area contributed by atoms with Crippen molar-refractivity contribution >= 4 is 22.5 Å². The van der Waals surface area contributed by atoms with Crippen LogP contribution in [0.4, 0.5) is 28.5 Å². The van der Waals surface area contributed by atoms with Gasteiger partial charge in [-0.3, -0.25) is 0 Å². The van der Waals surface area contributed by atoms with Crippen molar-refractivity contribution in [2.24, 2.45) is 0 Å². The van der Waals surface area contributed by atoms with Gasteiger partial charge in [0.15, 0.2) is 0 Å². The molecule has 0 fully saturated rings. The first-order valence-corrected chi connectivity index (χ1v) is 8.99. The predicted molar refractivity (Wildman–Crippen MR) is 89.5 cm³/mol. The molecule has 0 unspecified atom stereocenters. The van der Waals surface area contributed by atoms with Crippen LogP contribution >= 0.6 is 11.5 Å². The van der Waals surface area contributed by atoms with E-state index in [1.54, 1.807) is 4.90 Å². The van der Waals surface area contributed by atoms with E-state index in [1.807, 2.05) is 0 Å². The van der Waals surface area contributed by atoms with E-state index in [9.17, 15) is 17.6 Å². The Bertz CT molecular complexity index is 642. The van der Waals surface area contributed by atoms with Crippen molar-refractivity contribution in [2.75, 3.05) is 11.4 Å². The standard InChI is InChI=1S/C16H20F4N4S/c1-2-3-4-5-6-7-10-24(13-9-8-12(17)11-21-13)15-22-14(23-25-15)16(18,19)20/h8-9,11H,2-7,10H2,1H3. The molecular weight excluding hydrogens is 356 g/mol. The van der Waals surface area contributed by atoms with Crippen LogP contribution in [-0.4, -0.2) is 20.9 Å². The Morgan fingerprint density at radius 2 is 1.80 bits per heavy atom. The van der Waals surface area contributed by atoms with E-state index in [0.29, 0.717) is 23.9 Å². The Hall–Kier alpha value is -1.77. The van der Waals surface area contributed by atoms with Gasteiger partial charge in [-0.05, 0) is 18.6 Å². The highest BCUT2D eigenvalue weighted by atomic mass is 32.1. The van der Waals surface area contributed by atoms with Crippen LogP contribution in [0.5, 0.6) is 0 Å². The molecule has 138 valence electrons. The molecular formula is C16H20F4N4S. The molecule has 0 aliphatic rings. The number of pyridine rings is 1. The molecule has 0 saturated heterocycles. The Balaban J connectivity index is 2.09. The van der Waals surface area contributed by atoms with E-state index in [0.717, 1.165) is 38.3 Å². The first-order valence-electron chi connectivity index (χ1n) is 8.22. The fraction of sp³-hybridized carbons (Fsp3) is 0.562. The molecule has 0 aliphatic heterocycles. The molecule has 2 rings (SSSR count). The second-order valence-corrected chi connectivity index (χ2v) is 6.38. The molecule has 0 aliphatic carbocycles. The fourth-order valence-electron chi connectivity index (χ4n) is 2.33. The van der Waals surface area contributed by atoms with Crippen molar-refractivity contribution in [3.05, 3.63) is 30.0 Å². The van der Waals surface area contributed by atoms with Gasteiger partial charge >= 0.3 is 6.18 Å². The molecule has 25 heavy (non-hydrogen) atoms. The van der Waals surface area contributed by atoms with Gasteiger partial charge < -0.3 is 4.90 Å². The summed E-state index contributed by atoms with van der Waals surface area (Å²) in [6, 6.07) is 2.66. The topological polar surface area (TPSA) is 41.9 Å². The number of halogens is 4. The molecule has 2 aromatic heterocycles. The number of unbranched alkanes of at least 4 members (excludes halogenated alkanes) is 5. The summed E-state index contributed by atoms with van der Waals surface area (Å²) >= 11 is 0.667. The fourth-order valence-corrected chi connectivity index (χ4v) is 3.05. The van der Waals surface area contributed by atoms with E-state index < -0.39 is 17.8 Å². The van der Waals surface area contributed by atoms with Crippen LogP contribution in [0.15, 0.2) is 18.3 Å². The summed E-state index contributed by atoms with van der Waals surface area (Å²) in [5.74, 6) is -1.31. The Morgan fingerprint density at radius 3 is 2.40 bits per heavy atom. The zero-order valence-corrected chi connectivity index (χ0v) is 14.7. The van der Waals surface area contributed by atoms with E-state index in [1.165, 1.54) is 18.6 Å². The van der Waals surface area contributed by atoms with Crippen molar-refractivity contribution in [3.63, 3.8) is 0 Å². The van der Waals surface area contributed by atoms with Crippen LogP contribution in [0.3, 0.4) is 0 Å². The van der Waals surface area contributed by atoms with Gasteiger partial charge in [0.1, 0.15) is 11.6 Å².